The topological polar surface area (TPSA) is 72.2 Å². The maximum atomic E-state index is 13.6. The van der Waals surface area contributed by atoms with Crippen molar-refractivity contribution in [3.05, 3.63) is 75.1 Å². The number of nitrogens with zero attached hydrogens (tertiary/aromatic N) is 2. The van der Waals surface area contributed by atoms with E-state index in [0.29, 0.717) is 48.6 Å². The Morgan fingerprint density at radius 1 is 1.06 bits per heavy atom. The molecule has 1 amide bonds. The van der Waals surface area contributed by atoms with Crippen molar-refractivity contribution in [3.63, 3.8) is 0 Å². The average molecular weight is 434 g/mol. The quantitative estimate of drug-likeness (QED) is 0.615. The van der Waals surface area contributed by atoms with Crippen LogP contribution in [0.1, 0.15) is 33.3 Å². The molecule has 7 heteroatoms. The third-order valence-electron chi connectivity index (χ3n) is 6.29. The van der Waals surface area contributed by atoms with Gasteiger partial charge in [-0.3, -0.25) is 14.5 Å². The number of carbonyl (C=O) groups excluding carboxylic acids is 1. The monoisotopic (exact) mass is 434 g/mol. The first-order valence-corrected chi connectivity index (χ1v) is 10.9. The smallest absolute Gasteiger partial charge is 0.290 e. The van der Waals surface area contributed by atoms with Crippen LogP contribution in [-0.2, 0) is 4.74 Å². The van der Waals surface area contributed by atoms with Gasteiger partial charge in [0.25, 0.3) is 5.91 Å². The maximum Gasteiger partial charge on any atom is 0.290 e. The molecular formula is C25H26N2O5. The van der Waals surface area contributed by atoms with Gasteiger partial charge < -0.3 is 18.8 Å². The summed E-state index contributed by atoms with van der Waals surface area (Å²) >= 11 is 0. The molecule has 7 nitrogen and oxygen atoms in total. The Labute approximate surface area is 186 Å². The summed E-state index contributed by atoms with van der Waals surface area (Å²) in [6.45, 7) is 6.18. The van der Waals surface area contributed by atoms with Crippen molar-refractivity contribution in [2.45, 2.75) is 13.0 Å². The highest BCUT2D eigenvalue weighted by molar-refractivity contribution is 5.99. The third kappa shape index (κ3) is 3.57. The summed E-state index contributed by atoms with van der Waals surface area (Å²) < 4.78 is 16.9. The Kier molecular flexibility index (Phi) is 5.45. The lowest BCUT2D eigenvalue weighted by atomic mass is 9.98. The minimum atomic E-state index is -0.519. The van der Waals surface area contributed by atoms with Crippen molar-refractivity contribution >= 4 is 16.9 Å². The van der Waals surface area contributed by atoms with Crippen LogP contribution in [0.2, 0.25) is 0 Å². The van der Waals surface area contributed by atoms with E-state index in [1.54, 1.807) is 18.1 Å². The Bertz CT molecular complexity index is 1230. The molecule has 1 fully saturated rings. The summed E-state index contributed by atoms with van der Waals surface area (Å²) in [7, 11) is 1.60. The number of aryl methyl sites for hydroxylation is 1. The number of morpholine rings is 1. The lowest BCUT2D eigenvalue weighted by molar-refractivity contribution is 0.0314. The molecule has 3 heterocycles. The molecule has 0 N–H and O–H groups in total. The molecule has 1 saturated heterocycles. The number of fused-ring (bicyclic) bond motifs is 2. The first kappa shape index (κ1) is 20.7. The highest BCUT2D eigenvalue weighted by atomic mass is 16.5. The molecular weight excluding hydrogens is 408 g/mol. The summed E-state index contributed by atoms with van der Waals surface area (Å²) in [5.74, 6) is 0.569. The van der Waals surface area contributed by atoms with Gasteiger partial charge in [-0.25, -0.2) is 0 Å². The molecule has 2 aliphatic heterocycles. The zero-order valence-electron chi connectivity index (χ0n) is 18.3. The van der Waals surface area contributed by atoms with Crippen LogP contribution in [0, 0.1) is 6.92 Å². The van der Waals surface area contributed by atoms with E-state index in [1.165, 1.54) is 0 Å². The fourth-order valence-corrected chi connectivity index (χ4v) is 4.60. The summed E-state index contributed by atoms with van der Waals surface area (Å²) in [6, 6.07) is 12.5. The van der Waals surface area contributed by atoms with Gasteiger partial charge in [0.1, 0.15) is 11.3 Å². The normalized spacial score (nSPS) is 18.9. The molecule has 5 rings (SSSR count). The molecule has 32 heavy (non-hydrogen) atoms. The Hall–Kier alpha value is -3.16. The van der Waals surface area contributed by atoms with Gasteiger partial charge in [0.05, 0.1) is 37.3 Å². The number of rotatable bonds is 5. The number of benzene rings is 2. The van der Waals surface area contributed by atoms with E-state index in [-0.39, 0.29) is 17.1 Å². The van der Waals surface area contributed by atoms with Crippen LogP contribution in [0.15, 0.2) is 51.7 Å². The van der Waals surface area contributed by atoms with Crippen LogP contribution in [0.3, 0.4) is 0 Å². The van der Waals surface area contributed by atoms with Crippen molar-refractivity contribution < 1.29 is 18.7 Å². The van der Waals surface area contributed by atoms with E-state index in [1.807, 2.05) is 43.3 Å². The predicted octanol–water partition coefficient (Wildman–Crippen LogP) is 2.99. The highest BCUT2D eigenvalue weighted by Gasteiger charge is 2.42. The van der Waals surface area contributed by atoms with Gasteiger partial charge in [0, 0.05) is 26.2 Å². The second kappa shape index (κ2) is 8.41. The molecule has 0 unspecified atom stereocenters. The molecule has 0 saturated carbocycles. The number of hydrogen-bond acceptors (Lipinski definition) is 6. The highest BCUT2D eigenvalue weighted by Crippen LogP contribution is 2.39. The molecule has 3 aromatic rings. The largest absolute Gasteiger partial charge is 0.497 e. The van der Waals surface area contributed by atoms with E-state index >= 15 is 0 Å². The lowest BCUT2D eigenvalue weighted by Gasteiger charge is -2.31. The number of hydrogen-bond donors (Lipinski definition) is 0. The van der Waals surface area contributed by atoms with Crippen LogP contribution in [0.25, 0.3) is 11.0 Å². The Morgan fingerprint density at radius 3 is 2.66 bits per heavy atom. The average Bonchev–Trinajstić information content (AvgIpc) is 3.10. The summed E-state index contributed by atoms with van der Waals surface area (Å²) in [4.78, 5) is 31.1. The molecule has 166 valence electrons. The molecule has 0 bridgehead atoms. The van der Waals surface area contributed by atoms with Crippen LogP contribution in [0.5, 0.6) is 5.75 Å². The molecule has 0 radical (unpaired) electrons. The third-order valence-corrected chi connectivity index (χ3v) is 6.29. The van der Waals surface area contributed by atoms with Gasteiger partial charge in [0.2, 0.25) is 5.76 Å². The van der Waals surface area contributed by atoms with Crippen LogP contribution < -0.4 is 10.2 Å². The fourth-order valence-electron chi connectivity index (χ4n) is 4.60. The molecule has 1 atom stereocenters. The van der Waals surface area contributed by atoms with Gasteiger partial charge in [-0.15, -0.1) is 0 Å². The van der Waals surface area contributed by atoms with E-state index in [0.717, 1.165) is 24.2 Å². The number of methoxy groups -OCH3 is 1. The van der Waals surface area contributed by atoms with Gasteiger partial charge in [-0.05, 0) is 36.8 Å². The molecule has 2 aliphatic rings. The van der Waals surface area contributed by atoms with Crippen molar-refractivity contribution in [3.8, 4) is 5.75 Å². The number of carbonyl (C=O) groups is 1. The van der Waals surface area contributed by atoms with Gasteiger partial charge in [-0.1, -0.05) is 23.8 Å². The van der Waals surface area contributed by atoms with Crippen LogP contribution in [0.4, 0.5) is 0 Å². The van der Waals surface area contributed by atoms with E-state index < -0.39 is 6.04 Å². The number of amides is 1. The Morgan fingerprint density at radius 2 is 1.88 bits per heavy atom. The summed E-state index contributed by atoms with van der Waals surface area (Å²) in [5, 5.41) is 0.500. The van der Waals surface area contributed by atoms with Crippen molar-refractivity contribution in [2.75, 3.05) is 46.5 Å². The molecule has 2 aromatic carbocycles. The lowest BCUT2D eigenvalue weighted by Crippen LogP contribution is -2.42. The molecule has 0 aliphatic carbocycles. The second-order valence-corrected chi connectivity index (χ2v) is 8.31. The SMILES string of the molecule is COc1cccc([C@H]2c3c(oc4ccc(C)cc4c3=O)C(=O)N2CCN2CCOCC2)c1. The maximum absolute atomic E-state index is 13.6. The van der Waals surface area contributed by atoms with Crippen molar-refractivity contribution in [1.82, 2.24) is 9.80 Å². The predicted molar refractivity (Wildman–Crippen MR) is 120 cm³/mol. The van der Waals surface area contributed by atoms with E-state index in [2.05, 4.69) is 4.90 Å². The zero-order valence-corrected chi connectivity index (χ0v) is 18.3. The first-order valence-electron chi connectivity index (χ1n) is 10.9. The Balaban J connectivity index is 1.62. The zero-order chi connectivity index (χ0) is 22.2. The minimum absolute atomic E-state index is 0.140. The minimum Gasteiger partial charge on any atom is -0.497 e. The van der Waals surface area contributed by atoms with Gasteiger partial charge in [-0.2, -0.15) is 0 Å². The fraction of sp³-hybridized carbons (Fsp3) is 0.360. The summed E-state index contributed by atoms with van der Waals surface area (Å²) in [5.41, 5.74) is 2.49. The van der Waals surface area contributed by atoms with Crippen molar-refractivity contribution in [1.29, 1.82) is 0 Å². The van der Waals surface area contributed by atoms with Crippen molar-refractivity contribution in [2.24, 2.45) is 0 Å². The van der Waals surface area contributed by atoms with E-state index in [9.17, 15) is 9.59 Å². The summed E-state index contributed by atoms with van der Waals surface area (Å²) in [6.07, 6.45) is 0. The van der Waals surface area contributed by atoms with Gasteiger partial charge in [0.15, 0.2) is 5.43 Å². The number of ether oxygens (including phenoxy) is 2. The van der Waals surface area contributed by atoms with E-state index in [4.69, 9.17) is 13.9 Å². The standard InChI is InChI=1S/C25H26N2O5/c1-16-6-7-20-19(14-16)23(28)21-22(17-4-3-5-18(15-17)30-2)27(25(29)24(21)32-20)9-8-26-10-12-31-13-11-26/h3-7,14-15,22H,8-13H2,1-2H3/t22-/m0/s1. The molecule has 0 spiro atoms. The van der Waals surface area contributed by atoms with Crippen LogP contribution >= 0.6 is 0 Å². The van der Waals surface area contributed by atoms with Gasteiger partial charge >= 0.3 is 0 Å². The first-order chi connectivity index (χ1) is 15.6. The molecule has 1 aromatic heterocycles. The van der Waals surface area contributed by atoms with Crippen LogP contribution in [-0.4, -0.2) is 62.2 Å². The second-order valence-electron chi connectivity index (χ2n) is 8.31.